The zero-order chi connectivity index (χ0) is 19.4. The molecule has 2 aromatic rings. The number of nitrogens with zero attached hydrogens (tertiary/aromatic N) is 2. The van der Waals surface area contributed by atoms with Crippen LogP contribution in [0.5, 0.6) is 0 Å². The average Bonchev–Trinajstić information content (AvgIpc) is 3.11. The number of aliphatic imine (C=N–C) groups is 1. The van der Waals surface area contributed by atoms with Crippen molar-refractivity contribution in [1.82, 2.24) is 0 Å². The predicted octanol–water partition coefficient (Wildman–Crippen LogP) is 4.96. The van der Waals surface area contributed by atoms with Crippen molar-refractivity contribution in [1.29, 1.82) is 0 Å². The Morgan fingerprint density at radius 2 is 2.00 bits per heavy atom. The van der Waals surface area contributed by atoms with Crippen LogP contribution in [0.25, 0.3) is 0 Å². The minimum absolute atomic E-state index is 0. The van der Waals surface area contributed by atoms with Crippen molar-refractivity contribution >= 4 is 41.3 Å². The van der Waals surface area contributed by atoms with Gasteiger partial charge in [-0.1, -0.05) is 26.0 Å². The van der Waals surface area contributed by atoms with Gasteiger partial charge in [0, 0.05) is 37.1 Å². The second kappa shape index (κ2) is 10.0. The number of rotatable bonds is 5. The van der Waals surface area contributed by atoms with Gasteiger partial charge in [-0.25, -0.2) is 8.78 Å². The molecule has 0 aromatic heterocycles. The van der Waals surface area contributed by atoms with Gasteiger partial charge in [0.05, 0.1) is 0 Å². The van der Waals surface area contributed by atoms with Crippen molar-refractivity contribution in [3.63, 3.8) is 0 Å². The maximum absolute atomic E-state index is 13.4. The number of hydrogen-bond donors (Lipinski definition) is 2. The van der Waals surface area contributed by atoms with Crippen molar-refractivity contribution in [3.8, 4) is 0 Å². The van der Waals surface area contributed by atoms with Gasteiger partial charge in [-0.05, 0) is 48.1 Å². The van der Waals surface area contributed by atoms with Gasteiger partial charge in [0.15, 0.2) is 17.6 Å². The van der Waals surface area contributed by atoms with E-state index in [-0.39, 0.29) is 24.0 Å². The Morgan fingerprint density at radius 3 is 2.71 bits per heavy atom. The van der Waals surface area contributed by atoms with Crippen LogP contribution in [-0.4, -0.2) is 25.6 Å². The van der Waals surface area contributed by atoms with Crippen molar-refractivity contribution in [2.75, 3.05) is 29.9 Å². The molecule has 1 aliphatic rings. The maximum atomic E-state index is 13.4. The normalized spacial score (nSPS) is 17.0. The van der Waals surface area contributed by atoms with Crippen LogP contribution in [0.1, 0.15) is 31.7 Å². The summed E-state index contributed by atoms with van der Waals surface area (Å²) in [4.78, 5) is 6.51. The standard InChI is InChI=1S/C21H26F2N4.HI/c1-14(2)16-4-3-5-17(10-16)26-21(24)25-12-15-8-9-27(13-15)18-6-7-19(22)20(23)11-18;/h3-7,10-11,14-15H,8-9,12-13H2,1-2H3,(H3,24,25,26);1H. The van der Waals surface area contributed by atoms with Gasteiger partial charge in [0.2, 0.25) is 0 Å². The van der Waals surface area contributed by atoms with E-state index < -0.39 is 11.6 Å². The molecule has 3 rings (SSSR count). The molecular formula is C21H27F2IN4. The van der Waals surface area contributed by atoms with E-state index in [0.29, 0.717) is 30.0 Å². The van der Waals surface area contributed by atoms with Crippen LogP contribution in [0, 0.1) is 17.6 Å². The highest BCUT2D eigenvalue weighted by molar-refractivity contribution is 14.0. The number of halogens is 3. The van der Waals surface area contributed by atoms with E-state index in [1.807, 2.05) is 12.1 Å². The summed E-state index contributed by atoms with van der Waals surface area (Å²) in [5.41, 5.74) is 8.90. The molecule has 1 saturated heterocycles. The van der Waals surface area contributed by atoms with Crippen molar-refractivity contribution in [2.45, 2.75) is 26.2 Å². The molecule has 28 heavy (non-hydrogen) atoms. The highest BCUT2D eigenvalue weighted by atomic mass is 127. The molecule has 0 aliphatic carbocycles. The number of guanidine groups is 1. The van der Waals surface area contributed by atoms with Crippen LogP contribution < -0.4 is 16.0 Å². The second-order valence-electron chi connectivity index (χ2n) is 7.33. The Balaban J connectivity index is 0.00000280. The molecule has 0 bridgehead atoms. The van der Waals surface area contributed by atoms with Crippen molar-refractivity contribution < 1.29 is 8.78 Å². The van der Waals surface area contributed by atoms with E-state index in [9.17, 15) is 8.78 Å². The third-order valence-corrected chi connectivity index (χ3v) is 4.90. The fourth-order valence-corrected chi connectivity index (χ4v) is 3.29. The molecule has 1 fully saturated rings. The molecule has 152 valence electrons. The Morgan fingerprint density at radius 1 is 1.21 bits per heavy atom. The Labute approximate surface area is 182 Å². The van der Waals surface area contributed by atoms with Crippen molar-refractivity contribution in [2.24, 2.45) is 16.6 Å². The van der Waals surface area contributed by atoms with Crippen LogP contribution in [0.4, 0.5) is 20.2 Å². The third-order valence-electron chi connectivity index (χ3n) is 4.90. The minimum atomic E-state index is -0.820. The molecule has 1 atom stereocenters. The molecule has 1 unspecified atom stereocenters. The van der Waals surface area contributed by atoms with Crippen LogP contribution >= 0.6 is 24.0 Å². The fraction of sp³-hybridized carbons (Fsp3) is 0.381. The Kier molecular flexibility index (Phi) is 8.03. The molecule has 1 aliphatic heterocycles. The van der Waals surface area contributed by atoms with Gasteiger partial charge in [-0.3, -0.25) is 4.99 Å². The van der Waals surface area contributed by atoms with E-state index >= 15 is 0 Å². The molecular weight excluding hydrogens is 473 g/mol. The summed E-state index contributed by atoms with van der Waals surface area (Å²) in [7, 11) is 0. The first-order valence-corrected chi connectivity index (χ1v) is 9.29. The molecule has 7 heteroatoms. The lowest BCUT2D eigenvalue weighted by molar-refractivity contribution is 0.508. The summed E-state index contributed by atoms with van der Waals surface area (Å²) in [5, 5.41) is 3.14. The summed E-state index contributed by atoms with van der Waals surface area (Å²) in [6, 6.07) is 12.2. The van der Waals surface area contributed by atoms with E-state index in [0.717, 1.165) is 25.2 Å². The maximum Gasteiger partial charge on any atom is 0.193 e. The summed E-state index contributed by atoms with van der Waals surface area (Å²) in [6.45, 7) is 6.45. The van der Waals surface area contributed by atoms with Crippen LogP contribution in [0.3, 0.4) is 0 Å². The lowest BCUT2D eigenvalue weighted by atomic mass is 10.0. The predicted molar refractivity (Wildman–Crippen MR) is 123 cm³/mol. The summed E-state index contributed by atoms with van der Waals surface area (Å²) < 4.78 is 26.5. The van der Waals surface area contributed by atoms with Crippen molar-refractivity contribution in [3.05, 3.63) is 59.7 Å². The molecule has 4 nitrogen and oxygen atoms in total. The van der Waals surface area contributed by atoms with Crippen LogP contribution in [0.2, 0.25) is 0 Å². The molecule has 0 amide bonds. The minimum Gasteiger partial charge on any atom is -0.371 e. The van der Waals surface area contributed by atoms with E-state index in [1.54, 1.807) is 6.07 Å². The second-order valence-corrected chi connectivity index (χ2v) is 7.33. The van der Waals surface area contributed by atoms with E-state index in [2.05, 4.69) is 41.2 Å². The highest BCUT2D eigenvalue weighted by Crippen LogP contribution is 2.25. The van der Waals surface area contributed by atoms with E-state index in [1.165, 1.54) is 17.7 Å². The number of anilines is 2. The molecule has 3 N–H and O–H groups in total. The van der Waals surface area contributed by atoms with Crippen LogP contribution in [-0.2, 0) is 0 Å². The Bertz CT molecular complexity index is 826. The van der Waals surface area contributed by atoms with E-state index in [4.69, 9.17) is 5.73 Å². The Hall–Kier alpha value is -1.90. The first kappa shape index (κ1) is 22.4. The lowest BCUT2D eigenvalue weighted by Gasteiger charge is -2.18. The van der Waals surface area contributed by atoms with Gasteiger partial charge in [0.25, 0.3) is 0 Å². The number of nitrogens with one attached hydrogen (secondary N) is 1. The van der Waals surface area contributed by atoms with Gasteiger partial charge in [0.1, 0.15) is 0 Å². The quantitative estimate of drug-likeness (QED) is 0.347. The van der Waals surface area contributed by atoms with Crippen LogP contribution in [0.15, 0.2) is 47.5 Å². The molecule has 0 radical (unpaired) electrons. The molecule has 0 saturated carbocycles. The highest BCUT2D eigenvalue weighted by Gasteiger charge is 2.23. The van der Waals surface area contributed by atoms with Gasteiger partial charge in [-0.15, -0.1) is 24.0 Å². The first-order chi connectivity index (χ1) is 12.9. The summed E-state index contributed by atoms with van der Waals surface area (Å²) in [5.74, 6) is -0.459. The first-order valence-electron chi connectivity index (χ1n) is 9.29. The lowest BCUT2D eigenvalue weighted by Crippen LogP contribution is -2.25. The average molecular weight is 500 g/mol. The zero-order valence-electron chi connectivity index (χ0n) is 16.2. The fourth-order valence-electron chi connectivity index (χ4n) is 3.29. The molecule has 1 heterocycles. The summed E-state index contributed by atoms with van der Waals surface area (Å²) >= 11 is 0. The zero-order valence-corrected chi connectivity index (χ0v) is 18.5. The van der Waals surface area contributed by atoms with Gasteiger partial charge in [-0.2, -0.15) is 0 Å². The topological polar surface area (TPSA) is 53.6 Å². The number of hydrogen-bond acceptors (Lipinski definition) is 2. The summed E-state index contributed by atoms with van der Waals surface area (Å²) in [6.07, 6.45) is 0.943. The number of benzene rings is 2. The largest absolute Gasteiger partial charge is 0.371 e. The smallest absolute Gasteiger partial charge is 0.193 e. The number of nitrogens with two attached hydrogens (primary N) is 1. The third kappa shape index (κ3) is 5.80. The molecule has 0 spiro atoms. The van der Waals surface area contributed by atoms with Gasteiger partial charge < -0.3 is 16.0 Å². The SMILES string of the molecule is CC(C)c1cccc(NC(N)=NCC2CCN(c3ccc(F)c(F)c3)C2)c1.I. The van der Waals surface area contributed by atoms with Gasteiger partial charge >= 0.3 is 0 Å². The molecule has 2 aromatic carbocycles. The monoisotopic (exact) mass is 500 g/mol.